The van der Waals surface area contributed by atoms with Crippen molar-refractivity contribution in [3.05, 3.63) is 37.9 Å². The van der Waals surface area contributed by atoms with Gasteiger partial charge in [0, 0.05) is 34.4 Å². The van der Waals surface area contributed by atoms with E-state index in [0.29, 0.717) is 10.9 Å². The molecule has 0 fully saturated rings. The highest BCUT2D eigenvalue weighted by atomic mass is 32.1. The van der Waals surface area contributed by atoms with Crippen LogP contribution in [-0.2, 0) is 20.1 Å². The predicted octanol–water partition coefficient (Wildman–Crippen LogP) is 1.63. The molecular formula is C12H13N5O2S2. The topological polar surface area (TPSA) is 74.8 Å². The molecule has 21 heavy (non-hydrogen) atoms. The quantitative estimate of drug-likeness (QED) is 0.712. The highest BCUT2D eigenvalue weighted by molar-refractivity contribution is 7.11. The third-order valence-electron chi connectivity index (χ3n) is 2.94. The van der Waals surface area contributed by atoms with Crippen molar-refractivity contribution in [2.24, 2.45) is 7.05 Å². The summed E-state index contributed by atoms with van der Waals surface area (Å²) in [7, 11) is 1.56. The molecule has 0 radical (unpaired) electrons. The summed E-state index contributed by atoms with van der Waals surface area (Å²) in [5.41, 5.74) is 1.28. The van der Waals surface area contributed by atoms with Gasteiger partial charge in [0.05, 0.1) is 7.06 Å². The van der Waals surface area contributed by atoms with E-state index in [-0.39, 0.29) is 18.5 Å². The Bertz CT molecular complexity index is 850. The fourth-order valence-electron chi connectivity index (χ4n) is 1.89. The third-order valence-corrected chi connectivity index (χ3v) is 4.73. The lowest BCUT2D eigenvalue weighted by atomic mass is 10.2. The molecule has 7 nitrogen and oxygen atoms in total. The van der Waals surface area contributed by atoms with Gasteiger partial charge >= 0.3 is 5.69 Å². The first kappa shape index (κ1) is 12.7. The van der Waals surface area contributed by atoms with Crippen LogP contribution in [0.2, 0.25) is 0 Å². The molecule has 9 heteroatoms. The first-order chi connectivity index (χ1) is 10.6. The molecular weight excluding hydrogens is 310 g/mol. The molecule has 3 rings (SSSR count). The second-order valence-corrected chi connectivity index (χ2v) is 5.99. The van der Waals surface area contributed by atoms with Crippen LogP contribution in [0.4, 0.5) is 0 Å². The van der Waals surface area contributed by atoms with Crippen molar-refractivity contribution in [3.63, 3.8) is 0 Å². The largest absolute Gasteiger partial charge is 0.465 e. The van der Waals surface area contributed by atoms with Gasteiger partial charge in [-0.05, 0) is 16.8 Å². The number of rotatable bonds is 5. The van der Waals surface area contributed by atoms with Crippen LogP contribution < -0.4 is 10.4 Å². The summed E-state index contributed by atoms with van der Waals surface area (Å²) in [6.45, 7) is 2.32. The van der Waals surface area contributed by atoms with Gasteiger partial charge in [-0.3, -0.25) is 0 Å². The normalized spacial score (nSPS) is 11.6. The van der Waals surface area contributed by atoms with Crippen molar-refractivity contribution < 1.29 is 6.11 Å². The first-order valence-corrected chi connectivity index (χ1v) is 7.99. The fraction of sp³-hybridized carbons (Fsp3) is 0.333. The minimum atomic E-state index is -0.301. The number of ether oxygens (including phenoxy) is 1. The summed E-state index contributed by atoms with van der Waals surface area (Å²) in [6, 6.07) is 0. The van der Waals surface area contributed by atoms with Gasteiger partial charge in [0.1, 0.15) is 6.61 Å². The average Bonchev–Trinajstić information content (AvgIpc) is 3.18. The molecule has 3 aromatic rings. The van der Waals surface area contributed by atoms with E-state index in [0.717, 1.165) is 16.9 Å². The second kappa shape index (κ2) is 5.78. The molecule has 3 aromatic heterocycles. The molecule has 0 N–H and O–H groups in total. The van der Waals surface area contributed by atoms with Gasteiger partial charge in [0.25, 0.3) is 5.19 Å². The monoisotopic (exact) mass is 325 g/mol. The Hall–Kier alpha value is -2.00. The maximum atomic E-state index is 12.0. The van der Waals surface area contributed by atoms with Crippen molar-refractivity contribution >= 4 is 22.7 Å². The van der Waals surface area contributed by atoms with E-state index in [1.54, 1.807) is 23.8 Å². The van der Waals surface area contributed by atoms with Crippen molar-refractivity contribution in [1.29, 1.82) is 0 Å². The Labute approximate surface area is 129 Å². The Morgan fingerprint density at radius 3 is 2.90 bits per heavy atom. The van der Waals surface area contributed by atoms with Crippen LogP contribution in [0.25, 0.3) is 5.69 Å². The van der Waals surface area contributed by atoms with Gasteiger partial charge in [0.15, 0.2) is 0 Å². The van der Waals surface area contributed by atoms with Crippen molar-refractivity contribution in [3.8, 4) is 10.9 Å². The van der Waals surface area contributed by atoms with Crippen LogP contribution in [-0.4, -0.2) is 24.8 Å². The lowest BCUT2D eigenvalue weighted by Gasteiger charge is -2.06. The summed E-state index contributed by atoms with van der Waals surface area (Å²) in [5, 5.41) is 11.5. The molecule has 0 atom stereocenters. The van der Waals surface area contributed by atoms with Crippen LogP contribution >= 0.6 is 22.7 Å². The summed E-state index contributed by atoms with van der Waals surface area (Å²) >= 11 is 2.83. The van der Waals surface area contributed by atoms with E-state index >= 15 is 0 Å². The van der Waals surface area contributed by atoms with E-state index in [9.17, 15) is 4.79 Å². The van der Waals surface area contributed by atoms with E-state index in [1.165, 1.54) is 20.7 Å². The predicted molar refractivity (Wildman–Crippen MR) is 80.3 cm³/mol. The minimum Gasteiger partial charge on any atom is -0.465 e. The van der Waals surface area contributed by atoms with Crippen LogP contribution in [0, 0.1) is 0 Å². The van der Waals surface area contributed by atoms with Gasteiger partial charge in [-0.2, -0.15) is 9.36 Å². The zero-order valence-electron chi connectivity index (χ0n) is 12.4. The fourth-order valence-corrected chi connectivity index (χ4v) is 3.30. The first-order valence-electron chi connectivity index (χ1n) is 6.73. The second-order valence-electron chi connectivity index (χ2n) is 4.20. The molecule has 0 saturated heterocycles. The van der Waals surface area contributed by atoms with Crippen molar-refractivity contribution in [2.75, 3.05) is 0 Å². The van der Waals surface area contributed by atoms with Gasteiger partial charge in [-0.25, -0.2) is 9.78 Å². The van der Waals surface area contributed by atoms with E-state index in [1.807, 2.05) is 12.3 Å². The molecule has 0 saturated carbocycles. The molecule has 0 aliphatic carbocycles. The highest BCUT2D eigenvalue weighted by Crippen LogP contribution is 2.27. The summed E-state index contributed by atoms with van der Waals surface area (Å²) < 4.78 is 15.5. The van der Waals surface area contributed by atoms with Gasteiger partial charge < -0.3 is 4.74 Å². The molecule has 0 aliphatic rings. The SMILES string of the molecule is [3H]c1csc(OCc2c(-n3nnn(C)c3=O)csc2CC)n1. The van der Waals surface area contributed by atoms with Crippen molar-refractivity contribution in [1.82, 2.24) is 24.8 Å². The Balaban J connectivity index is 1.93. The van der Waals surface area contributed by atoms with Crippen LogP contribution in [0.1, 0.15) is 18.7 Å². The number of tetrazole rings is 1. The number of hydrogen-bond donors (Lipinski definition) is 0. The van der Waals surface area contributed by atoms with E-state index < -0.39 is 0 Å². The number of thiophene rings is 1. The number of thiazole rings is 1. The van der Waals surface area contributed by atoms with Crippen LogP contribution in [0.5, 0.6) is 5.19 Å². The third kappa shape index (κ3) is 2.61. The van der Waals surface area contributed by atoms with Crippen LogP contribution in [0.15, 0.2) is 21.7 Å². The maximum Gasteiger partial charge on any atom is 0.368 e. The van der Waals surface area contributed by atoms with E-state index in [4.69, 9.17) is 6.11 Å². The lowest BCUT2D eigenvalue weighted by molar-refractivity contribution is 0.303. The number of hydrogen-bond acceptors (Lipinski definition) is 7. The standard InChI is InChI=1S/C12H13N5O2S2/c1-3-10-8(6-19-11-13-4-5-20-11)9(7-21-10)17-12(18)16(2)14-15-17/h4-5,7H,3,6H2,1-2H3/i4T. The maximum absolute atomic E-state index is 12.0. The van der Waals surface area contributed by atoms with E-state index in [2.05, 4.69) is 15.4 Å². The summed E-state index contributed by atoms with van der Waals surface area (Å²) in [5.74, 6) is 0. The average molecular weight is 325 g/mol. The number of aromatic nitrogens is 5. The van der Waals surface area contributed by atoms with Gasteiger partial charge in [-0.15, -0.1) is 11.3 Å². The van der Waals surface area contributed by atoms with Crippen LogP contribution in [0.3, 0.4) is 0 Å². The Kier molecular flexibility index (Phi) is 3.50. The number of aryl methyl sites for hydroxylation is 2. The Morgan fingerprint density at radius 2 is 2.29 bits per heavy atom. The molecule has 0 amide bonds. The minimum absolute atomic E-state index is 0.186. The molecule has 0 aromatic carbocycles. The Morgan fingerprint density at radius 1 is 1.43 bits per heavy atom. The van der Waals surface area contributed by atoms with Crippen molar-refractivity contribution in [2.45, 2.75) is 20.0 Å². The zero-order valence-corrected chi connectivity index (χ0v) is 13.1. The zero-order chi connectivity index (χ0) is 15.7. The summed E-state index contributed by atoms with van der Waals surface area (Å²) in [4.78, 5) is 17.1. The molecule has 0 aliphatic heterocycles. The van der Waals surface area contributed by atoms with Gasteiger partial charge in [-0.1, -0.05) is 18.3 Å². The molecule has 0 bridgehead atoms. The lowest BCUT2D eigenvalue weighted by Crippen LogP contribution is -2.22. The van der Waals surface area contributed by atoms with Gasteiger partial charge in [0.2, 0.25) is 0 Å². The molecule has 0 spiro atoms. The number of nitrogens with zero attached hydrogens (tertiary/aromatic N) is 5. The molecule has 3 heterocycles. The molecule has 0 unspecified atom stereocenters. The summed E-state index contributed by atoms with van der Waals surface area (Å²) in [6.07, 6.45) is 1.02. The highest BCUT2D eigenvalue weighted by Gasteiger charge is 2.17. The smallest absolute Gasteiger partial charge is 0.368 e. The molecule has 110 valence electrons.